The number of benzene rings is 2. The second-order valence-electron chi connectivity index (χ2n) is 5.36. The van der Waals surface area contributed by atoms with E-state index in [2.05, 4.69) is 10.3 Å². The Kier molecular flexibility index (Phi) is 5.38. The standard InChI is InChI=1S/C18H12ClF3N2OS/c19-13-9-12(18(20,21)22)6-7-14(13)24-16(25)10-26-15-5-1-3-11-4-2-8-23-17(11)15/h1-9H,10H2,(H,24,25). The van der Waals surface area contributed by atoms with Gasteiger partial charge in [0.15, 0.2) is 0 Å². The molecule has 0 aliphatic heterocycles. The van der Waals surface area contributed by atoms with Crippen LogP contribution in [-0.2, 0) is 11.0 Å². The Hall–Kier alpha value is -2.25. The van der Waals surface area contributed by atoms with Crippen molar-refractivity contribution in [3.63, 3.8) is 0 Å². The minimum absolute atomic E-state index is 0.0764. The number of alkyl halides is 3. The fraction of sp³-hybridized carbons (Fsp3) is 0.111. The smallest absolute Gasteiger partial charge is 0.324 e. The topological polar surface area (TPSA) is 42.0 Å². The molecule has 0 bridgehead atoms. The number of thioether (sulfide) groups is 1. The van der Waals surface area contributed by atoms with E-state index in [1.807, 2.05) is 30.3 Å². The Morgan fingerprint density at radius 2 is 1.92 bits per heavy atom. The van der Waals surface area contributed by atoms with Gasteiger partial charge in [-0.1, -0.05) is 29.8 Å². The summed E-state index contributed by atoms with van der Waals surface area (Å²) in [5.74, 6) is -0.294. The Labute approximate surface area is 156 Å². The van der Waals surface area contributed by atoms with E-state index in [0.717, 1.165) is 34.0 Å². The number of pyridine rings is 1. The molecular formula is C18H12ClF3N2OS. The van der Waals surface area contributed by atoms with Crippen LogP contribution in [-0.4, -0.2) is 16.6 Å². The summed E-state index contributed by atoms with van der Waals surface area (Å²) in [6, 6.07) is 12.2. The molecule has 0 saturated carbocycles. The van der Waals surface area contributed by atoms with Crippen molar-refractivity contribution in [3.05, 3.63) is 65.3 Å². The highest BCUT2D eigenvalue weighted by molar-refractivity contribution is 8.00. The number of amides is 1. The third kappa shape index (κ3) is 4.28. The zero-order valence-corrected chi connectivity index (χ0v) is 14.8. The Morgan fingerprint density at radius 1 is 1.15 bits per heavy atom. The average molecular weight is 397 g/mol. The maximum Gasteiger partial charge on any atom is 0.416 e. The summed E-state index contributed by atoms with van der Waals surface area (Å²) in [5.41, 5.74) is 0.0679. The predicted octanol–water partition coefficient (Wildman–Crippen LogP) is 5.64. The summed E-state index contributed by atoms with van der Waals surface area (Å²) in [6.45, 7) is 0. The van der Waals surface area contributed by atoms with Crippen LogP contribution in [0.3, 0.4) is 0 Å². The highest BCUT2D eigenvalue weighted by atomic mass is 35.5. The van der Waals surface area contributed by atoms with Gasteiger partial charge in [-0.2, -0.15) is 13.2 Å². The van der Waals surface area contributed by atoms with Gasteiger partial charge in [0.25, 0.3) is 0 Å². The molecule has 0 radical (unpaired) electrons. The lowest BCUT2D eigenvalue weighted by Crippen LogP contribution is -2.15. The van der Waals surface area contributed by atoms with Crippen molar-refractivity contribution < 1.29 is 18.0 Å². The summed E-state index contributed by atoms with van der Waals surface area (Å²) >= 11 is 7.14. The van der Waals surface area contributed by atoms with Crippen LogP contribution in [0.25, 0.3) is 10.9 Å². The van der Waals surface area contributed by atoms with Gasteiger partial charge in [-0.25, -0.2) is 0 Å². The van der Waals surface area contributed by atoms with E-state index in [0.29, 0.717) is 0 Å². The fourth-order valence-electron chi connectivity index (χ4n) is 2.32. The SMILES string of the molecule is O=C(CSc1cccc2cccnc12)Nc1ccc(C(F)(F)F)cc1Cl. The molecule has 26 heavy (non-hydrogen) atoms. The quantitative estimate of drug-likeness (QED) is 0.580. The van der Waals surface area contributed by atoms with Gasteiger partial charge in [0, 0.05) is 16.5 Å². The van der Waals surface area contributed by atoms with E-state index >= 15 is 0 Å². The number of halogens is 4. The van der Waals surface area contributed by atoms with Crippen molar-refractivity contribution in [1.82, 2.24) is 4.98 Å². The average Bonchev–Trinajstić information content (AvgIpc) is 2.60. The highest BCUT2D eigenvalue weighted by Crippen LogP contribution is 2.34. The zero-order valence-electron chi connectivity index (χ0n) is 13.2. The lowest BCUT2D eigenvalue weighted by Gasteiger charge is -2.11. The van der Waals surface area contributed by atoms with E-state index in [1.165, 1.54) is 11.8 Å². The summed E-state index contributed by atoms with van der Waals surface area (Å²) in [5, 5.41) is 3.33. The number of hydrogen-bond donors (Lipinski definition) is 1. The van der Waals surface area contributed by atoms with E-state index in [4.69, 9.17) is 11.6 Å². The van der Waals surface area contributed by atoms with Crippen LogP contribution in [0.15, 0.2) is 59.6 Å². The van der Waals surface area contributed by atoms with Gasteiger partial charge in [0.2, 0.25) is 5.91 Å². The third-order valence-corrected chi connectivity index (χ3v) is 4.88. The molecule has 0 spiro atoms. The number of aromatic nitrogens is 1. The van der Waals surface area contributed by atoms with Crippen LogP contribution in [0.2, 0.25) is 5.02 Å². The molecule has 0 aliphatic rings. The second kappa shape index (κ2) is 7.55. The molecule has 134 valence electrons. The number of carbonyl (C=O) groups is 1. The van der Waals surface area contributed by atoms with Crippen molar-refractivity contribution in [1.29, 1.82) is 0 Å². The number of nitrogens with one attached hydrogen (secondary N) is 1. The molecule has 3 nitrogen and oxygen atoms in total. The van der Waals surface area contributed by atoms with Crippen LogP contribution >= 0.6 is 23.4 Å². The Bertz CT molecular complexity index is 957. The van der Waals surface area contributed by atoms with Crippen LogP contribution in [0.1, 0.15) is 5.56 Å². The van der Waals surface area contributed by atoms with Gasteiger partial charge in [0.05, 0.1) is 27.5 Å². The molecule has 0 fully saturated rings. The third-order valence-electron chi connectivity index (χ3n) is 3.52. The molecule has 0 aliphatic carbocycles. The van der Waals surface area contributed by atoms with Gasteiger partial charge >= 0.3 is 6.18 Å². The lowest BCUT2D eigenvalue weighted by atomic mass is 10.2. The lowest BCUT2D eigenvalue weighted by molar-refractivity contribution is -0.137. The van der Waals surface area contributed by atoms with Crippen molar-refractivity contribution in [2.24, 2.45) is 0 Å². The first-order valence-electron chi connectivity index (χ1n) is 7.48. The minimum Gasteiger partial charge on any atom is -0.324 e. The zero-order chi connectivity index (χ0) is 18.7. The number of fused-ring (bicyclic) bond motifs is 1. The maximum atomic E-state index is 12.6. The van der Waals surface area contributed by atoms with E-state index in [1.54, 1.807) is 6.20 Å². The van der Waals surface area contributed by atoms with E-state index in [9.17, 15) is 18.0 Å². The number of nitrogens with zero attached hydrogens (tertiary/aromatic N) is 1. The molecule has 1 heterocycles. The largest absolute Gasteiger partial charge is 0.416 e. The molecule has 8 heteroatoms. The van der Waals surface area contributed by atoms with E-state index < -0.39 is 11.7 Å². The molecule has 1 aromatic heterocycles. The number of carbonyl (C=O) groups excluding carboxylic acids is 1. The van der Waals surface area contributed by atoms with Gasteiger partial charge in [-0.3, -0.25) is 9.78 Å². The fourth-order valence-corrected chi connectivity index (χ4v) is 3.38. The van der Waals surface area contributed by atoms with Crippen LogP contribution < -0.4 is 5.32 Å². The van der Waals surface area contributed by atoms with Crippen LogP contribution in [0.4, 0.5) is 18.9 Å². The second-order valence-corrected chi connectivity index (χ2v) is 6.78. The summed E-state index contributed by atoms with van der Waals surface area (Å²) in [7, 11) is 0. The predicted molar refractivity (Wildman–Crippen MR) is 97.6 cm³/mol. The number of hydrogen-bond acceptors (Lipinski definition) is 3. The van der Waals surface area contributed by atoms with Gasteiger partial charge < -0.3 is 5.32 Å². The first-order chi connectivity index (χ1) is 12.3. The number of rotatable bonds is 4. The van der Waals surface area contributed by atoms with Crippen molar-refractivity contribution in [3.8, 4) is 0 Å². The number of para-hydroxylation sites is 1. The first-order valence-corrected chi connectivity index (χ1v) is 8.84. The van der Waals surface area contributed by atoms with Crippen LogP contribution in [0, 0.1) is 0 Å². The molecule has 3 aromatic rings. The van der Waals surface area contributed by atoms with Crippen molar-refractivity contribution in [2.75, 3.05) is 11.1 Å². The minimum atomic E-state index is -4.48. The first kappa shape index (κ1) is 18.5. The monoisotopic (exact) mass is 396 g/mol. The van der Waals surface area contributed by atoms with Gasteiger partial charge in [-0.05, 0) is 30.3 Å². The molecule has 3 rings (SSSR count). The Balaban J connectivity index is 1.68. The number of anilines is 1. The highest BCUT2D eigenvalue weighted by Gasteiger charge is 2.31. The van der Waals surface area contributed by atoms with E-state index in [-0.39, 0.29) is 22.4 Å². The van der Waals surface area contributed by atoms with Crippen LogP contribution in [0.5, 0.6) is 0 Å². The molecule has 0 saturated heterocycles. The molecular weight excluding hydrogens is 385 g/mol. The van der Waals surface area contributed by atoms with Gasteiger partial charge in [0.1, 0.15) is 0 Å². The Morgan fingerprint density at radius 3 is 2.65 bits per heavy atom. The molecule has 1 amide bonds. The maximum absolute atomic E-state index is 12.6. The van der Waals surface area contributed by atoms with Crippen molar-refractivity contribution in [2.45, 2.75) is 11.1 Å². The molecule has 1 N–H and O–H groups in total. The normalized spacial score (nSPS) is 11.5. The van der Waals surface area contributed by atoms with Crippen molar-refractivity contribution >= 4 is 45.9 Å². The molecule has 0 unspecified atom stereocenters. The van der Waals surface area contributed by atoms with Gasteiger partial charge in [-0.15, -0.1) is 11.8 Å². The summed E-state index contributed by atoms with van der Waals surface area (Å²) in [6.07, 6.45) is -2.81. The summed E-state index contributed by atoms with van der Waals surface area (Å²) in [4.78, 5) is 17.3. The molecule has 2 aromatic carbocycles. The molecule has 0 atom stereocenters. The summed E-state index contributed by atoms with van der Waals surface area (Å²) < 4.78 is 37.9.